The van der Waals surface area contributed by atoms with Crippen molar-refractivity contribution in [2.45, 2.75) is 18.9 Å². The lowest BCUT2D eigenvalue weighted by Crippen LogP contribution is -2.44. The minimum Gasteiger partial charge on any atom is -0.465 e. The molecule has 4 heterocycles. The molecule has 0 radical (unpaired) electrons. The van der Waals surface area contributed by atoms with Crippen molar-refractivity contribution in [2.75, 3.05) is 18.4 Å². The molecule has 2 N–H and O–H groups in total. The quantitative estimate of drug-likeness (QED) is 0.463. The molecular formula is C22H22N6O3S. The van der Waals surface area contributed by atoms with Crippen molar-refractivity contribution in [3.63, 3.8) is 0 Å². The summed E-state index contributed by atoms with van der Waals surface area (Å²) in [4.78, 5) is 21.7. The van der Waals surface area contributed by atoms with Crippen LogP contribution in [0.4, 0.5) is 9.93 Å². The van der Waals surface area contributed by atoms with Crippen molar-refractivity contribution in [1.82, 2.24) is 24.6 Å². The highest BCUT2D eigenvalue weighted by atomic mass is 32.1. The molecule has 1 aliphatic heterocycles. The summed E-state index contributed by atoms with van der Waals surface area (Å²) in [6.07, 6.45) is 6.30. The molecule has 1 atom stereocenters. The van der Waals surface area contributed by atoms with Gasteiger partial charge in [-0.2, -0.15) is 5.10 Å². The van der Waals surface area contributed by atoms with E-state index in [1.165, 1.54) is 16.2 Å². The summed E-state index contributed by atoms with van der Waals surface area (Å²) in [5.74, 6) is 1.41. The van der Waals surface area contributed by atoms with Crippen LogP contribution in [-0.4, -0.2) is 55.0 Å². The molecule has 164 valence electrons. The van der Waals surface area contributed by atoms with Crippen molar-refractivity contribution in [3.05, 3.63) is 48.9 Å². The van der Waals surface area contributed by atoms with Gasteiger partial charge in [0.15, 0.2) is 5.13 Å². The maximum absolute atomic E-state index is 11.2. The number of aryl methyl sites for hydroxylation is 1. The smallest absolute Gasteiger partial charge is 0.407 e. The molecule has 1 fully saturated rings. The lowest BCUT2D eigenvalue weighted by Gasteiger charge is -2.30. The maximum Gasteiger partial charge on any atom is 0.407 e. The van der Waals surface area contributed by atoms with Crippen LogP contribution in [0.3, 0.4) is 0 Å². The van der Waals surface area contributed by atoms with Crippen molar-refractivity contribution < 1.29 is 14.6 Å². The summed E-state index contributed by atoms with van der Waals surface area (Å²) in [6.45, 7) is 1.06. The molecule has 0 bridgehead atoms. The Labute approximate surface area is 188 Å². The zero-order chi connectivity index (χ0) is 22.1. The topological polar surface area (TPSA) is 105 Å². The molecule has 5 rings (SSSR count). The molecule has 3 aromatic heterocycles. The SMILES string of the molecule is Cn1cc(-c2cc(Oc3ccc4nc(NC5CCCN(C(=O)O)C5)sc4c3)ccn2)cn1. The molecule has 0 aliphatic carbocycles. The number of anilines is 1. The first kappa shape index (κ1) is 20.3. The van der Waals surface area contributed by atoms with E-state index in [0.29, 0.717) is 24.6 Å². The Kier molecular flexibility index (Phi) is 5.36. The number of benzene rings is 1. The standard InChI is InChI=1S/C22H22N6O3S/c1-27-12-14(11-24-27)19-9-17(6-7-23-19)31-16-4-5-18-20(10-16)32-21(26-18)25-15-3-2-8-28(13-15)22(29)30/h4-7,9-12,15H,2-3,8,13H2,1H3,(H,25,26)(H,29,30). The number of amides is 1. The Morgan fingerprint density at radius 1 is 1.28 bits per heavy atom. The first-order chi connectivity index (χ1) is 15.5. The van der Waals surface area contributed by atoms with Crippen LogP contribution < -0.4 is 10.1 Å². The summed E-state index contributed by atoms with van der Waals surface area (Å²) in [5.41, 5.74) is 2.60. The summed E-state index contributed by atoms with van der Waals surface area (Å²) in [5, 5.41) is 17.6. The predicted molar refractivity (Wildman–Crippen MR) is 122 cm³/mol. The third-order valence-electron chi connectivity index (χ3n) is 5.35. The highest BCUT2D eigenvalue weighted by Crippen LogP contribution is 2.32. The number of fused-ring (bicyclic) bond motifs is 1. The van der Waals surface area contributed by atoms with Gasteiger partial charge in [0.25, 0.3) is 0 Å². The molecule has 4 aromatic rings. The van der Waals surface area contributed by atoms with Crippen molar-refractivity contribution >= 4 is 32.8 Å². The lowest BCUT2D eigenvalue weighted by atomic mass is 10.1. The van der Waals surface area contributed by atoms with Gasteiger partial charge in [-0.3, -0.25) is 9.67 Å². The van der Waals surface area contributed by atoms with Crippen LogP contribution in [0, 0.1) is 0 Å². The van der Waals surface area contributed by atoms with Crippen LogP contribution in [0.15, 0.2) is 48.9 Å². The maximum atomic E-state index is 11.2. The van der Waals surface area contributed by atoms with E-state index in [4.69, 9.17) is 4.74 Å². The minimum atomic E-state index is -0.870. The number of hydrogen-bond acceptors (Lipinski definition) is 7. The van der Waals surface area contributed by atoms with Crippen LogP contribution in [0.25, 0.3) is 21.5 Å². The fraction of sp³-hybridized carbons (Fsp3) is 0.273. The number of nitrogens with zero attached hydrogens (tertiary/aromatic N) is 5. The van der Waals surface area contributed by atoms with Gasteiger partial charge in [0, 0.05) is 56.3 Å². The molecule has 32 heavy (non-hydrogen) atoms. The highest BCUT2D eigenvalue weighted by molar-refractivity contribution is 7.22. The Bertz CT molecular complexity index is 1270. The average molecular weight is 451 g/mol. The summed E-state index contributed by atoms with van der Waals surface area (Å²) >= 11 is 1.54. The first-order valence-corrected chi connectivity index (χ1v) is 11.1. The van der Waals surface area contributed by atoms with Gasteiger partial charge in [-0.15, -0.1) is 0 Å². The second kappa shape index (κ2) is 8.46. The number of likely N-dealkylation sites (tertiary alicyclic amines) is 1. The minimum absolute atomic E-state index is 0.0684. The van der Waals surface area contributed by atoms with Crippen LogP contribution in [0.2, 0.25) is 0 Å². The van der Waals surface area contributed by atoms with Crippen LogP contribution in [0.5, 0.6) is 11.5 Å². The van der Waals surface area contributed by atoms with E-state index < -0.39 is 6.09 Å². The Morgan fingerprint density at radius 2 is 2.16 bits per heavy atom. The van der Waals surface area contributed by atoms with Crippen LogP contribution >= 0.6 is 11.3 Å². The largest absolute Gasteiger partial charge is 0.465 e. The van der Waals surface area contributed by atoms with Gasteiger partial charge in [-0.1, -0.05) is 11.3 Å². The average Bonchev–Trinajstić information content (AvgIpc) is 3.39. The monoisotopic (exact) mass is 450 g/mol. The zero-order valence-corrected chi connectivity index (χ0v) is 18.2. The number of carboxylic acid groups (broad SMARTS) is 1. The van der Waals surface area contributed by atoms with E-state index in [0.717, 1.165) is 39.4 Å². The molecule has 10 heteroatoms. The van der Waals surface area contributed by atoms with Gasteiger partial charge in [-0.25, -0.2) is 9.78 Å². The number of hydrogen-bond donors (Lipinski definition) is 2. The van der Waals surface area contributed by atoms with Gasteiger partial charge in [0.1, 0.15) is 11.5 Å². The highest BCUT2D eigenvalue weighted by Gasteiger charge is 2.23. The second-order valence-electron chi connectivity index (χ2n) is 7.74. The summed E-state index contributed by atoms with van der Waals surface area (Å²) < 4.78 is 8.81. The van der Waals surface area contributed by atoms with Gasteiger partial charge >= 0.3 is 6.09 Å². The van der Waals surface area contributed by atoms with E-state index in [1.807, 2.05) is 43.6 Å². The molecule has 1 amide bonds. The first-order valence-electron chi connectivity index (χ1n) is 10.3. The zero-order valence-electron chi connectivity index (χ0n) is 17.4. The molecule has 1 unspecified atom stereocenters. The van der Waals surface area contributed by atoms with Crippen LogP contribution in [-0.2, 0) is 7.05 Å². The molecule has 1 aliphatic rings. The summed E-state index contributed by atoms with van der Waals surface area (Å²) in [7, 11) is 1.87. The summed E-state index contributed by atoms with van der Waals surface area (Å²) in [6, 6.07) is 9.56. The van der Waals surface area contributed by atoms with E-state index >= 15 is 0 Å². The third kappa shape index (κ3) is 4.35. The van der Waals surface area contributed by atoms with Crippen LogP contribution in [0.1, 0.15) is 12.8 Å². The van der Waals surface area contributed by atoms with E-state index in [-0.39, 0.29) is 6.04 Å². The number of aromatic nitrogens is 4. The van der Waals surface area contributed by atoms with Crippen molar-refractivity contribution in [3.8, 4) is 22.8 Å². The van der Waals surface area contributed by atoms with E-state index in [1.54, 1.807) is 17.1 Å². The number of carbonyl (C=O) groups is 1. The lowest BCUT2D eigenvalue weighted by molar-refractivity contribution is 0.133. The Balaban J connectivity index is 1.31. The Hall–Kier alpha value is -3.66. The van der Waals surface area contributed by atoms with E-state index in [2.05, 4.69) is 20.4 Å². The number of pyridine rings is 1. The number of thiazole rings is 1. The van der Waals surface area contributed by atoms with Crippen molar-refractivity contribution in [1.29, 1.82) is 0 Å². The third-order valence-corrected chi connectivity index (χ3v) is 6.30. The number of ether oxygens (including phenoxy) is 1. The predicted octanol–water partition coefficient (Wildman–Crippen LogP) is 4.44. The molecule has 1 aromatic carbocycles. The van der Waals surface area contributed by atoms with Gasteiger partial charge < -0.3 is 20.1 Å². The van der Waals surface area contributed by atoms with Crippen molar-refractivity contribution in [2.24, 2.45) is 7.05 Å². The normalized spacial score (nSPS) is 16.3. The van der Waals surface area contributed by atoms with Gasteiger partial charge in [0.2, 0.25) is 0 Å². The van der Waals surface area contributed by atoms with Gasteiger partial charge in [0.05, 0.1) is 22.1 Å². The molecule has 0 saturated carbocycles. The molecule has 0 spiro atoms. The number of rotatable bonds is 5. The molecular weight excluding hydrogens is 428 g/mol. The molecule has 9 nitrogen and oxygen atoms in total. The fourth-order valence-electron chi connectivity index (χ4n) is 3.80. The number of piperidine rings is 1. The number of nitrogens with one attached hydrogen (secondary N) is 1. The van der Waals surface area contributed by atoms with Gasteiger partial charge in [-0.05, 0) is 31.0 Å². The molecule has 1 saturated heterocycles. The Morgan fingerprint density at radius 3 is 2.97 bits per heavy atom. The second-order valence-corrected chi connectivity index (χ2v) is 8.77. The van der Waals surface area contributed by atoms with E-state index in [9.17, 15) is 9.90 Å². The fourth-order valence-corrected chi connectivity index (χ4v) is 4.77.